The molecular formula is C66H48F14N8O7. The second-order valence-corrected chi connectivity index (χ2v) is 24.0. The van der Waals surface area contributed by atoms with Crippen molar-refractivity contribution in [3.8, 4) is 34.3 Å². The van der Waals surface area contributed by atoms with Crippen LogP contribution < -0.4 is 9.47 Å². The zero-order valence-electron chi connectivity index (χ0n) is 49.9. The number of rotatable bonds is 16. The number of carbonyl (C=O) groups excluding carboxylic acids is 2. The number of fused-ring (bicyclic) bond motifs is 2. The van der Waals surface area contributed by atoms with E-state index in [0.29, 0.717) is 12.4 Å². The first-order valence-electron chi connectivity index (χ1n) is 28.8. The van der Waals surface area contributed by atoms with Crippen molar-refractivity contribution in [2.75, 3.05) is 26.4 Å². The van der Waals surface area contributed by atoms with Gasteiger partial charge in [0.15, 0.2) is 11.6 Å². The first kappa shape index (κ1) is 65.2. The van der Waals surface area contributed by atoms with E-state index in [9.17, 15) is 44.7 Å². The Morgan fingerprint density at radius 3 is 1.26 bits per heavy atom. The van der Waals surface area contributed by atoms with Crippen molar-refractivity contribution in [1.82, 2.24) is 39.0 Å². The van der Waals surface area contributed by atoms with Crippen LogP contribution in [0.3, 0.4) is 0 Å². The molecule has 2 unspecified atom stereocenters. The van der Waals surface area contributed by atoms with E-state index >= 15 is 26.3 Å². The molecule has 0 amide bonds. The summed E-state index contributed by atoms with van der Waals surface area (Å²) in [5, 5.41) is 0. The van der Waals surface area contributed by atoms with Crippen molar-refractivity contribution < 1.29 is 94.7 Å². The normalized spacial score (nSPS) is 16.3. The summed E-state index contributed by atoms with van der Waals surface area (Å²) in [7, 11) is 0. The minimum Gasteiger partial charge on any atom is -0.471 e. The van der Waals surface area contributed by atoms with Crippen molar-refractivity contribution in [3.05, 3.63) is 212 Å². The van der Waals surface area contributed by atoms with Crippen molar-refractivity contribution in [2.45, 2.75) is 78.2 Å². The summed E-state index contributed by atoms with van der Waals surface area (Å²) < 4.78 is 236. The fourth-order valence-corrected chi connectivity index (χ4v) is 11.4. The Balaban J connectivity index is 0.797. The Bertz CT molecular complexity index is 4430. The van der Waals surface area contributed by atoms with Gasteiger partial charge in [-0.2, -0.15) is 26.3 Å². The number of pyridine rings is 4. The van der Waals surface area contributed by atoms with Gasteiger partial charge >= 0.3 is 24.3 Å². The summed E-state index contributed by atoms with van der Waals surface area (Å²) in [6.07, 6.45) is -9.76. The van der Waals surface area contributed by atoms with Crippen LogP contribution in [-0.4, -0.2) is 77.4 Å². The summed E-state index contributed by atoms with van der Waals surface area (Å²) in [5.74, 6) is -12.0. The Hall–Kier alpha value is -9.90. The molecule has 0 radical (unpaired) electrons. The highest BCUT2D eigenvalue weighted by atomic mass is 19.4. The molecule has 0 N–H and O–H groups in total. The number of halogens is 14. The number of imidazole rings is 2. The van der Waals surface area contributed by atoms with Gasteiger partial charge in [-0.25, -0.2) is 64.6 Å². The molecule has 2 saturated heterocycles. The summed E-state index contributed by atoms with van der Waals surface area (Å²) in [6.45, 7) is 6.40. The van der Waals surface area contributed by atoms with E-state index in [4.69, 9.17) is 23.7 Å². The lowest BCUT2D eigenvalue weighted by atomic mass is 9.87. The molecule has 2 aliphatic heterocycles. The topological polar surface area (TPSA) is 167 Å². The third-order valence-corrected chi connectivity index (χ3v) is 16.4. The maximum atomic E-state index is 16.5. The molecule has 15 nitrogen and oxygen atoms in total. The maximum Gasteiger partial charge on any atom is 0.417 e. The predicted octanol–water partition coefficient (Wildman–Crippen LogP) is 15.0. The Morgan fingerprint density at radius 1 is 0.505 bits per heavy atom. The molecule has 0 bridgehead atoms. The number of aromatic nitrogens is 8. The van der Waals surface area contributed by atoms with Crippen molar-refractivity contribution in [2.24, 2.45) is 10.8 Å². The lowest BCUT2D eigenvalue weighted by Gasteiger charge is -2.28. The Kier molecular flexibility index (Phi) is 17.0. The molecule has 95 heavy (non-hydrogen) atoms. The third kappa shape index (κ3) is 13.1. The molecule has 8 heterocycles. The van der Waals surface area contributed by atoms with Gasteiger partial charge in [-0.1, -0.05) is 39.8 Å². The molecule has 2 aliphatic rings. The molecule has 10 aromatic rings. The van der Waals surface area contributed by atoms with E-state index in [-0.39, 0.29) is 118 Å². The van der Waals surface area contributed by atoms with Crippen molar-refractivity contribution >= 4 is 34.0 Å². The molecule has 2 fully saturated rings. The fourth-order valence-electron chi connectivity index (χ4n) is 11.4. The first-order chi connectivity index (χ1) is 44.9. The standard InChI is InChI=1S/C66H48F14N8O7/c1-63(2)29-91-27-53(63)87-51-15-33(13-45(73)59(51)85-55(87)17-31-11-41(69)37(21-39(31)67)47-7-5-9-57(83-47)93-25-49-43(71)19-35(23-81-49)65(75,76)77)61(89)95-62(90)34-14-46(74)60-52(16-34)88(54-28-92-30-64(54,3)4)56(86-60)18-32-12-42(70)38(22-40(32)68)48-8-6-10-58(84-48)94-26-50-44(72)20-36(24-82-50)66(78,79)80/h5-16,19-24,53-54H,17-18,25-30H2,1-4H3. The van der Waals surface area contributed by atoms with E-state index in [1.807, 2.05) is 27.7 Å². The summed E-state index contributed by atoms with van der Waals surface area (Å²) in [6, 6.07) is 14.4. The van der Waals surface area contributed by atoms with E-state index in [0.717, 1.165) is 36.4 Å². The van der Waals surface area contributed by atoms with Crippen LogP contribution in [0.4, 0.5) is 61.5 Å². The molecule has 492 valence electrons. The quantitative estimate of drug-likeness (QED) is 0.0510. The van der Waals surface area contributed by atoms with E-state index < -0.39 is 153 Å². The maximum absolute atomic E-state index is 16.5. The molecular weight excluding hydrogens is 1280 g/mol. The van der Waals surface area contributed by atoms with Gasteiger partial charge in [-0.3, -0.25) is 9.97 Å². The van der Waals surface area contributed by atoms with Crippen LogP contribution in [0.2, 0.25) is 0 Å². The minimum atomic E-state index is -4.85. The zero-order chi connectivity index (χ0) is 67.8. The molecule has 4 aromatic carbocycles. The van der Waals surface area contributed by atoms with Crippen LogP contribution >= 0.6 is 0 Å². The number of hydrogen-bond acceptors (Lipinski definition) is 13. The highest BCUT2D eigenvalue weighted by Gasteiger charge is 2.42. The van der Waals surface area contributed by atoms with Crippen LogP contribution in [0.25, 0.3) is 44.6 Å². The molecule has 0 aliphatic carbocycles. The average molecular weight is 1330 g/mol. The molecule has 2 atom stereocenters. The van der Waals surface area contributed by atoms with Crippen molar-refractivity contribution in [3.63, 3.8) is 0 Å². The van der Waals surface area contributed by atoms with E-state index in [2.05, 4.69) is 29.9 Å². The van der Waals surface area contributed by atoms with Crippen LogP contribution in [0.1, 0.15) is 106 Å². The van der Waals surface area contributed by atoms with Crippen molar-refractivity contribution in [1.29, 1.82) is 0 Å². The lowest BCUT2D eigenvalue weighted by molar-refractivity contribution is -0.138. The first-order valence-corrected chi connectivity index (χ1v) is 28.8. The number of benzene rings is 4. The molecule has 0 spiro atoms. The van der Waals surface area contributed by atoms with Crippen LogP contribution in [-0.2, 0) is 52.6 Å². The predicted molar refractivity (Wildman–Crippen MR) is 308 cm³/mol. The Labute approximate surface area is 528 Å². The summed E-state index contributed by atoms with van der Waals surface area (Å²) >= 11 is 0. The fraction of sp³-hybridized carbons (Fsp3) is 0.273. The van der Waals surface area contributed by atoms with E-state index in [1.165, 1.54) is 57.7 Å². The second-order valence-electron chi connectivity index (χ2n) is 24.0. The largest absolute Gasteiger partial charge is 0.471 e. The third-order valence-electron chi connectivity index (χ3n) is 16.4. The number of alkyl halides is 6. The van der Waals surface area contributed by atoms with Gasteiger partial charge in [-0.15, -0.1) is 0 Å². The number of carbonyl (C=O) groups is 2. The number of nitrogens with zero attached hydrogens (tertiary/aromatic N) is 8. The smallest absolute Gasteiger partial charge is 0.417 e. The molecule has 0 saturated carbocycles. The van der Waals surface area contributed by atoms with Gasteiger partial charge in [0.2, 0.25) is 11.8 Å². The summed E-state index contributed by atoms with van der Waals surface area (Å²) in [4.78, 5) is 52.4. The van der Waals surface area contributed by atoms with Crippen LogP contribution in [0, 0.1) is 57.4 Å². The summed E-state index contributed by atoms with van der Waals surface area (Å²) in [5.41, 5.74) is -8.28. The monoisotopic (exact) mass is 1330 g/mol. The highest BCUT2D eigenvalue weighted by Crippen LogP contribution is 2.44. The zero-order valence-corrected chi connectivity index (χ0v) is 49.9. The Morgan fingerprint density at radius 2 is 0.905 bits per heavy atom. The molecule has 29 heteroatoms. The second kappa shape index (κ2) is 24.8. The van der Waals surface area contributed by atoms with Gasteiger partial charge in [-0.05, 0) is 83.9 Å². The lowest BCUT2D eigenvalue weighted by Crippen LogP contribution is -2.27. The van der Waals surface area contributed by atoms with Gasteiger partial charge in [0, 0.05) is 59.3 Å². The number of hydrogen-bond donors (Lipinski definition) is 0. The highest BCUT2D eigenvalue weighted by molar-refractivity contribution is 6.05. The minimum absolute atomic E-state index is 0.00234. The van der Waals surface area contributed by atoms with Gasteiger partial charge in [0.1, 0.15) is 82.2 Å². The van der Waals surface area contributed by atoms with Crippen LogP contribution in [0.5, 0.6) is 11.8 Å². The molecule has 12 rings (SSSR count). The van der Waals surface area contributed by atoms with Gasteiger partial charge in [0.25, 0.3) is 0 Å². The van der Waals surface area contributed by atoms with Gasteiger partial charge < -0.3 is 32.8 Å². The SMILES string of the molecule is CC1(C)COCC1n1c(Cc2cc(F)c(-c3cccc(OCc4ncc(C(F)(F)F)cc4F)n3)cc2F)nc2c(F)cc(C(=O)OC(=O)c3cc(F)c4nc(Cc5cc(F)c(-c6cccc(OCc7ncc(C(F)(F)F)cc7F)n6)cc5F)n(C5COCC5(C)C)c4c3)cc21. The number of ether oxygens (including phenoxy) is 5. The van der Waals surface area contributed by atoms with E-state index in [1.54, 1.807) is 0 Å². The average Bonchev–Trinajstić information content (AvgIpc) is 1.61. The van der Waals surface area contributed by atoms with Crippen LogP contribution in [0.15, 0.2) is 109 Å². The molecule has 6 aromatic heterocycles. The number of esters is 2. The van der Waals surface area contributed by atoms with Gasteiger partial charge in [0.05, 0.1) is 83.2 Å².